The van der Waals surface area contributed by atoms with Gasteiger partial charge in [0.1, 0.15) is 96.4 Å². The summed E-state index contributed by atoms with van der Waals surface area (Å²) in [5.74, 6) is -23.9. The second-order valence-electron chi connectivity index (χ2n) is 36.0. The number of aromatic nitrogens is 2. The van der Waals surface area contributed by atoms with Crippen LogP contribution in [0.1, 0.15) is 141 Å². The number of carboxylic acids is 2. The third-order valence-corrected chi connectivity index (χ3v) is 24.8. The highest BCUT2D eigenvalue weighted by atomic mass is 32.1. The Morgan fingerprint density at radius 3 is 1.43 bits per heavy atom. The number of aliphatic carboxylic acids is 2. The summed E-state index contributed by atoms with van der Waals surface area (Å²) in [6, 6.07) is -6.62. The van der Waals surface area contributed by atoms with E-state index in [-0.39, 0.29) is 127 Å². The molecule has 0 aliphatic carbocycles. The first-order valence-electron chi connectivity index (χ1n) is 47.9. The number of benzene rings is 3. The molecular formula is C93H139N27O25S2. The number of nitrogens with zero attached hydrogens (tertiary/aromatic N) is 1. The monoisotopic (exact) mass is 2100 g/mol. The lowest BCUT2D eigenvalue weighted by atomic mass is 9.96. The van der Waals surface area contributed by atoms with Gasteiger partial charge in [0.05, 0.1) is 38.3 Å². The predicted molar refractivity (Wildman–Crippen MR) is 541 cm³/mol. The minimum atomic E-state index is -2.06. The summed E-state index contributed by atoms with van der Waals surface area (Å²) in [5.41, 5.74) is 30.7. The zero-order valence-electron chi connectivity index (χ0n) is 82.1. The van der Waals surface area contributed by atoms with E-state index in [0.717, 1.165) is 11.8 Å². The number of likely N-dealkylation sites (tertiary alicyclic amines) is 1. The molecule has 6 rings (SSSR count). The molecule has 0 bridgehead atoms. The highest BCUT2D eigenvalue weighted by Gasteiger charge is 2.44. The maximum atomic E-state index is 15.1. The van der Waals surface area contributed by atoms with Crippen molar-refractivity contribution in [1.29, 1.82) is 10.8 Å². The number of rotatable bonds is 64. The Hall–Kier alpha value is -14.5. The van der Waals surface area contributed by atoms with Gasteiger partial charge in [-0.15, -0.1) is 0 Å². The molecule has 0 saturated carbocycles. The van der Waals surface area contributed by atoms with E-state index in [1.165, 1.54) is 24.3 Å². The molecule has 3 aromatic carbocycles. The van der Waals surface area contributed by atoms with Gasteiger partial charge in [-0.1, -0.05) is 89.1 Å². The summed E-state index contributed by atoms with van der Waals surface area (Å²) < 4.78 is 0. The van der Waals surface area contributed by atoms with Crippen LogP contribution in [0.15, 0.2) is 85.2 Å². The van der Waals surface area contributed by atoms with Crippen molar-refractivity contribution in [2.75, 3.05) is 57.4 Å². The quantitative estimate of drug-likeness (QED) is 0.00744. The first-order chi connectivity index (χ1) is 69.7. The largest absolute Gasteiger partial charge is 0.508 e. The number of fused-ring (bicyclic) bond motifs is 2. The van der Waals surface area contributed by atoms with Crippen LogP contribution >= 0.6 is 25.3 Å². The van der Waals surface area contributed by atoms with Crippen molar-refractivity contribution in [3.8, 4) is 5.75 Å². The molecule has 17 amide bonds. The van der Waals surface area contributed by atoms with Crippen LogP contribution in [-0.2, 0) is 110 Å². The summed E-state index contributed by atoms with van der Waals surface area (Å²) in [6.07, 6.45) is -0.489. The molecule has 52 nitrogen and oxygen atoms in total. The van der Waals surface area contributed by atoms with Crippen LogP contribution in [0.2, 0.25) is 0 Å². The summed E-state index contributed by atoms with van der Waals surface area (Å²) in [6.45, 7) is 4.50. The number of aliphatic hydroxyl groups excluding tert-OH is 3. The molecule has 18 atom stereocenters. The highest BCUT2D eigenvalue weighted by Crippen LogP contribution is 2.26. The van der Waals surface area contributed by atoms with Crippen molar-refractivity contribution in [3.63, 3.8) is 0 Å². The smallest absolute Gasteiger partial charge is 0.328 e. The summed E-state index contributed by atoms with van der Waals surface area (Å²) in [5, 5.41) is 119. The Bertz CT molecular complexity index is 5400. The number of aliphatic hydroxyl groups is 3. The summed E-state index contributed by atoms with van der Waals surface area (Å²) in [7, 11) is 0. The summed E-state index contributed by atoms with van der Waals surface area (Å²) >= 11 is 8.53. The number of hydrogen-bond acceptors (Lipinski definition) is 29. The zero-order valence-corrected chi connectivity index (χ0v) is 83.9. The van der Waals surface area contributed by atoms with E-state index in [1.54, 1.807) is 88.6 Å². The fourth-order valence-corrected chi connectivity index (χ4v) is 16.3. The molecule has 37 N–H and O–H groups in total. The number of aromatic hydroxyl groups is 1. The number of guanidine groups is 2. The Morgan fingerprint density at radius 1 is 0.476 bits per heavy atom. The Kier molecular flexibility index (Phi) is 50.4. The molecule has 808 valence electrons. The number of thiol groups is 2. The van der Waals surface area contributed by atoms with E-state index in [9.17, 15) is 103 Å². The van der Waals surface area contributed by atoms with E-state index in [1.807, 2.05) is 5.32 Å². The lowest BCUT2D eigenvalue weighted by molar-refractivity contribution is -0.144. The molecule has 0 radical (unpaired) electrons. The van der Waals surface area contributed by atoms with Gasteiger partial charge in [-0.3, -0.25) is 97.1 Å². The van der Waals surface area contributed by atoms with E-state index < -0.39 is 265 Å². The molecular weight excluding hydrogens is 1960 g/mol. The van der Waals surface area contributed by atoms with Crippen molar-refractivity contribution >= 4 is 171 Å². The van der Waals surface area contributed by atoms with Gasteiger partial charge in [0.25, 0.3) is 0 Å². The number of aromatic amines is 2. The predicted octanol–water partition coefficient (Wildman–Crippen LogP) is -7.60. The van der Waals surface area contributed by atoms with Crippen molar-refractivity contribution in [2.24, 2.45) is 40.5 Å². The van der Waals surface area contributed by atoms with Crippen molar-refractivity contribution < 1.29 is 122 Å². The number of nitrogens with one attached hydrogen (secondary N) is 21. The molecule has 3 heterocycles. The first kappa shape index (κ1) is 121. The van der Waals surface area contributed by atoms with Crippen LogP contribution in [0.5, 0.6) is 5.75 Å². The number of carbonyl (C=O) groups is 19. The Morgan fingerprint density at radius 2 is 0.918 bits per heavy atom. The molecule has 1 fully saturated rings. The second-order valence-corrected chi connectivity index (χ2v) is 36.7. The lowest BCUT2D eigenvalue weighted by Gasteiger charge is -2.31. The number of carbonyl (C=O) groups excluding carboxylic acids is 17. The number of nitrogens with two attached hydrogens (primary N) is 5. The minimum absolute atomic E-state index is 0.0307. The number of para-hydroxylation sites is 2. The third-order valence-electron chi connectivity index (χ3n) is 24.0. The third kappa shape index (κ3) is 39.4. The van der Waals surface area contributed by atoms with Crippen LogP contribution in [0.25, 0.3) is 21.8 Å². The maximum absolute atomic E-state index is 15.1. The van der Waals surface area contributed by atoms with Crippen LogP contribution in [0, 0.1) is 22.7 Å². The zero-order chi connectivity index (χ0) is 109. The topological polar surface area (TPSA) is 863 Å². The number of primary amides is 1. The number of phenolic OH excluding ortho intramolecular Hbond substituents is 1. The molecule has 54 heteroatoms. The van der Waals surface area contributed by atoms with Crippen LogP contribution < -0.4 is 119 Å². The standard InChI is InChI=1S/C93H139N27O25S2/c1-6-47(4)74(118-84(137)64(37-51-40-104-57-20-10-8-17-54(51)57)112-80(133)61(34-46(2)3)110-85(138)68(44-146)116-79(132)59(28-29-71(96)125)107-76(129)55(95)18-11-12-30-94)88(141)108-58(21-13-31-101-92(97)98)78(131)114-66(42-121)77(130)105-41-72(126)106-65(38-73(127)128)83(136)109-60(22-14-32-102-93(99)100)90(143)120-33-15-23-70(120)87(140)113-63(36-50-39-103-56-19-9-7-16-53(50)56)82(135)111-62(35-49-24-26-52(124)27-25-49)81(134)117-69(45-147)86(139)119-75(48(5)123)89(142)115-67(43-122)91(144)145/h7-10,16-17,19-20,24-27,39-40,46-48,55,58-70,74-75,103-104,121-124,146-147H,6,11-15,18,21-23,28-38,41-45,94-95H2,1-5H3,(H2,96,125)(H,105,130)(H,106,126)(H,107,129)(H,108,141)(H,109,136)(H,110,138)(H,111,135)(H,112,133)(H,113,140)(H,114,131)(H,115,142)(H,116,132)(H,117,134)(H,118,137)(H,119,139)(H,127,128)(H,144,145)(H4,97,98,101)(H4,99,100,102)/t47-,48+,55-,58-,59-,60-,61-,62-,63-,64-,65-,66-,67-,68-,69-,70-,74-,75-/m0/s1. The van der Waals surface area contributed by atoms with Gasteiger partial charge in [-0.2, -0.15) is 25.3 Å². The lowest BCUT2D eigenvalue weighted by Crippen LogP contribution is -2.62. The maximum Gasteiger partial charge on any atom is 0.328 e. The van der Waals surface area contributed by atoms with Gasteiger partial charge in [0, 0.05) is 91.0 Å². The van der Waals surface area contributed by atoms with Crippen molar-refractivity contribution in [1.82, 2.24) is 105 Å². The van der Waals surface area contributed by atoms with E-state index >= 15 is 19.2 Å². The number of unbranched alkanes of at least 4 members (excludes halogenated alkanes) is 1. The van der Waals surface area contributed by atoms with E-state index in [4.69, 9.17) is 39.5 Å². The molecule has 0 unspecified atom stereocenters. The Labute approximate surface area is 857 Å². The van der Waals surface area contributed by atoms with Crippen LogP contribution in [-0.4, -0.2) is 330 Å². The van der Waals surface area contributed by atoms with Gasteiger partial charge in [0.15, 0.2) is 11.9 Å². The molecule has 1 aliphatic rings. The number of carboxylic acid groups (broad SMARTS) is 2. The normalized spacial score (nSPS) is 15.7. The van der Waals surface area contributed by atoms with E-state index in [2.05, 4.69) is 120 Å². The number of phenols is 1. The molecule has 147 heavy (non-hydrogen) atoms. The summed E-state index contributed by atoms with van der Waals surface area (Å²) in [4.78, 5) is 274. The van der Waals surface area contributed by atoms with Gasteiger partial charge in [-0.25, -0.2) is 4.79 Å². The minimum Gasteiger partial charge on any atom is -0.508 e. The van der Waals surface area contributed by atoms with Gasteiger partial charge in [0.2, 0.25) is 100 Å². The Balaban J connectivity index is 1.20. The highest BCUT2D eigenvalue weighted by molar-refractivity contribution is 7.80. The molecule has 1 aliphatic heterocycles. The fourth-order valence-electron chi connectivity index (χ4n) is 15.8. The number of H-pyrrole nitrogens is 2. The van der Waals surface area contributed by atoms with Crippen LogP contribution in [0.3, 0.4) is 0 Å². The number of amides is 17. The molecule has 1 saturated heterocycles. The van der Waals surface area contributed by atoms with Gasteiger partial charge >= 0.3 is 11.9 Å². The van der Waals surface area contributed by atoms with E-state index in [0.29, 0.717) is 57.9 Å². The van der Waals surface area contributed by atoms with Gasteiger partial charge in [-0.05, 0) is 130 Å². The number of hydrogen-bond donors (Lipinski definition) is 34. The van der Waals surface area contributed by atoms with Crippen molar-refractivity contribution in [3.05, 3.63) is 102 Å². The fraction of sp³-hybridized carbons (Fsp3) is 0.538. The van der Waals surface area contributed by atoms with Crippen molar-refractivity contribution in [2.45, 2.75) is 247 Å². The second kappa shape index (κ2) is 61.1. The SMILES string of the molecule is CC[C@H](C)[C@H](NC(=O)[C@H](Cc1c[nH]c2ccccc12)NC(=O)[C@H](CC(C)C)NC(=O)[C@H](CS)NC(=O)[C@H](CCC(N)=O)NC(=O)[C@@H](N)CCCCN)C(=O)N[C@@H](CCCNC(=N)N)C(=O)N[C@@H](CO)C(=O)NCC(=O)N[C@@H](CC(=O)O)C(=O)N[C@@H](CCCNC(=N)N)C(=O)N1CCC[C@H]1C(=O)N[C@@H](Cc1c[nH]c2ccccc12)C(=O)N[C@@H](Cc1ccc(O)cc1)C(=O)N[C@@H](CS)C(=O)N[C@H](C(=O)N[C@@H](CO)C(=O)O)[C@@H](C)O. The average molecular weight is 2100 g/mol. The van der Waals surface area contributed by atoms with Crippen LogP contribution in [0.4, 0.5) is 0 Å². The molecule has 0 spiro atoms. The first-order valence-corrected chi connectivity index (χ1v) is 49.2. The van der Waals surface area contributed by atoms with Gasteiger partial charge < -0.3 is 165 Å². The molecule has 2 aromatic heterocycles. The average Bonchev–Trinajstić information content (AvgIpc) is 1.70. The molecule has 5 aromatic rings.